The fraction of sp³-hybridized carbons (Fsp3) is 0.600. The third-order valence-electron chi connectivity index (χ3n) is 3.99. The van der Waals surface area contributed by atoms with Crippen LogP contribution >= 0.6 is 0 Å². The fourth-order valence-corrected chi connectivity index (χ4v) is 2.64. The normalized spacial score (nSPS) is 16.9. The Labute approximate surface area is 125 Å². The first-order valence-corrected chi connectivity index (χ1v) is 7.32. The van der Waals surface area contributed by atoms with Crippen molar-refractivity contribution in [1.29, 1.82) is 0 Å². The van der Waals surface area contributed by atoms with Gasteiger partial charge in [0.05, 0.1) is 12.0 Å². The van der Waals surface area contributed by atoms with Crippen LogP contribution in [0.4, 0.5) is 5.69 Å². The van der Waals surface area contributed by atoms with Crippen molar-refractivity contribution in [2.45, 2.75) is 12.8 Å². The zero-order valence-corrected chi connectivity index (χ0v) is 12.7. The molecule has 1 aliphatic rings. The molecule has 1 saturated heterocycles. The molecule has 21 heavy (non-hydrogen) atoms. The summed E-state index contributed by atoms with van der Waals surface area (Å²) >= 11 is 0. The summed E-state index contributed by atoms with van der Waals surface area (Å²) in [5, 5.41) is 10.9. The highest BCUT2D eigenvalue weighted by atomic mass is 16.6. The molecule has 1 fully saturated rings. The average Bonchev–Trinajstić information content (AvgIpc) is 2.49. The molecule has 1 aromatic carbocycles. The molecule has 0 unspecified atom stereocenters. The number of likely N-dealkylation sites (N-methyl/N-ethyl adjacent to an activating group) is 1. The molecule has 0 bridgehead atoms. The number of methoxy groups -OCH3 is 1. The van der Waals surface area contributed by atoms with Crippen LogP contribution in [0.2, 0.25) is 0 Å². The molecule has 116 valence electrons. The van der Waals surface area contributed by atoms with Gasteiger partial charge in [0.15, 0.2) is 0 Å². The number of hydrogen-bond acceptors (Lipinski definition) is 5. The summed E-state index contributed by atoms with van der Waals surface area (Å²) in [7, 11) is 3.75. The number of ether oxygens (including phenoxy) is 1. The summed E-state index contributed by atoms with van der Waals surface area (Å²) < 4.78 is 5.29. The summed E-state index contributed by atoms with van der Waals surface area (Å²) in [4.78, 5) is 15.3. The van der Waals surface area contributed by atoms with Gasteiger partial charge in [0.1, 0.15) is 5.75 Å². The molecule has 0 radical (unpaired) electrons. The minimum Gasteiger partial charge on any atom is -0.496 e. The maximum absolute atomic E-state index is 10.9. The smallest absolute Gasteiger partial charge is 0.269 e. The molecule has 0 atom stereocenters. The van der Waals surface area contributed by atoms with E-state index in [1.807, 2.05) is 0 Å². The Hall–Kier alpha value is -1.66. The second kappa shape index (κ2) is 7.38. The van der Waals surface area contributed by atoms with E-state index < -0.39 is 0 Å². The molecule has 0 saturated carbocycles. The van der Waals surface area contributed by atoms with Gasteiger partial charge in [0, 0.05) is 43.9 Å². The largest absolute Gasteiger partial charge is 0.496 e. The molecule has 1 aliphatic heterocycles. The van der Waals surface area contributed by atoms with E-state index in [0.717, 1.165) is 56.9 Å². The van der Waals surface area contributed by atoms with E-state index in [1.165, 1.54) is 6.07 Å². The number of piperazine rings is 1. The van der Waals surface area contributed by atoms with Crippen LogP contribution in [-0.2, 0) is 6.42 Å². The summed E-state index contributed by atoms with van der Waals surface area (Å²) in [6, 6.07) is 4.80. The number of benzene rings is 1. The average molecular weight is 293 g/mol. The van der Waals surface area contributed by atoms with Crippen molar-refractivity contribution in [3.8, 4) is 5.75 Å². The van der Waals surface area contributed by atoms with E-state index in [2.05, 4.69) is 16.8 Å². The third-order valence-corrected chi connectivity index (χ3v) is 3.99. The zero-order chi connectivity index (χ0) is 15.2. The first-order chi connectivity index (χ1) is 10.1. The number of rotatable bonds is 6. The fourth-order valence-electron chi connectivity index (χ4n) is 2.64. The Bertz CT molecular complexity index is 485. The van der Waals surface area contributed by atoms with Crippen molar-refractivity contribution < 1.29 is 9.66 Å². The third kappa shape index (κ3) is 4.41. The Morgan fingerprint density at radius 2 is 2.00 bits per heavy atom. The van der Waals surface area contributed by atoms with Crippen molar-refractivity contribution >= 4 is 5.69 Å². The van der Waals surface area contributed by atoms with Crippen LogP contribution in [0, 0.1) is 10.1 Å². The van der Waals surface area contributed by atoms with E-state index in [4.69, 9.17) is 4.74 Å². The number of nitro groups is 1. The van der Waals surface area contributed by atoms with Crippen molar-refractivity contribution in [3.63, 3.8) is 0 Å². The Morgan fingerprint density at radius 1 is 1.29 bits per heavy atom. The van der Waals surface area contributed by atoms with E-state index in [-0.39, 0.29) is 10.6 Å². The van der Waals surface area contributed by atoms with Gasteiger partial charge < -0.3 is 14.5 Å². The highest BCUT2D eigenvalue weighted by molar-refractivity contribution is 5.43. The van der Waals surface area contributed by atoms with Crippen LogP contribution in [-0.4, -0.2) is 61.6 Å². The van der Waals surface area contributed by atoms with Crippen molar-refractivity contribution in [3.05, 3.63) is 33.9 Å². The summed E-state index contributed by atoms with van der Waals surface area (Å²) in [6.45, 7) is 5.45. The zero-order valence-electron chi connectivity index (χ0n) is 12.7. The number of nitrogens with zero attached hydrogens (tertiary/aromatic N) is 3. The van der Waals surface area contributed by atoms with Gasteiger partial charge in [-0.1, -0.05) is 0 Å². The van der Waals surface area contributed by atoms with Crippen LogP contribution in [0.15, 0.2) is 18.2 Å². The molecule has 1 heterocycles. The predicted molar refractivity (Wildman–Crippen MR) is 81.9 cm³/mol. The van der Waals surface area contributed by atoms with Gasteiger partial charge in [-0.3, -0.25) is 10.1 Å². The molecular formula is C15H23N3O3. The number of non-ortho nitro benzene ring substituents is 1. The lowest BCUT2D eigenvalue weighted by molar-refractivity contribution is -0.384. The number of hydrogen-bond donors (Lipinski definition) is 0. The minimum absolute atomic E-state index is 0.130. The second-order valence-corrected chi connectivity index (χ2v) is 5.50. The van der Waals surface area contributed by atoms with E-state index >= 15 is 0 Å². The molecule has 0 N–H and O–H groups in total. The van der Waals surface area contributed by atoms with E-state index in [1.54, 1.807) is 19.2 Å². The summed E-state index contributed by atoms with van der Waals surface area (Å²) in [5.41, 5.74) is 1.05. The van der Waals surface area contributed by atoms with Crippen LogP contribution in [0.25, 0.3) is 0 Å². The van der Waals surface area contributed by atoms with Crippen molar-refractivity contribution in [2.24, 2.45) is 0 Å². The molecule has 0 aromatic heterocycles. The van der Waals surface area contributed by atoms with Crippen molar-refractivity contribution in [1.82, 2.24) is 9.80 Å². The van der Waals surface area contributed by atoms with Gasteiger partial charge >= 0.3 is 0 Å². The monoisotopic (exact) mass is 293 g/mol. The molecular weight excluding hydrogens is 270 g/mol. The topological polar surface area (TPSA) is 58.9 Å². The lowest BCUT2D eigenvalue weighted by Gasteiger charge is -2.32. The summed E-state index contributed by atoms with van der Waals surface area (Å²) in [6.07, 6.45) is 1.79. The van der Waals surface area contributed by atoms with E-state index in [0.29, 0.717) is 0 Å². The summed E-state index contributed by atoms with van der Waals surface area (Å²) in [5.74, 6) is 0.735. The lowest BCUT2D eigenvalue weighted by Crippen LogP contribution is -2.44. The lowest BCUT2D eigenvalue weighted by atomic mass is 10.1. The second-order valence-electron chi connectivity index (χ2n) is 5.50. The Balaban J connectivity index is 1.89. The van der Waals surface area contributed by atoms with Crippen LogP contribution in [0.3, 0.4) is 0 Å². The molecule has 0 aliphatic carbocycles. The van der Waals surface area contributed by atoms with E-state index in [9.17, 15) is 10.1 Å². The minimum atomic E-state index is -0.358. The Morgan fingerprint density at radius 3 is 2.62 bits per heavy atom. The van der Waals surface area contributed by atoms with Gasteiger partial charge in [0.25, 0.3) is 5.69 Å². The van der Waals surface area contributed by atoms with Gasteiger partial charge in [0.2, 0.25) is 0 Å². The van der Waals surface area contributed by atoms with Crippen LogP contribution < -0.4 is 4.74 Å². The Kier molecular flexibility index (Phi) is 5.52. The van der Waals surface area contributed by atoms with Crippen LogP contribution in [0.5, 0.6) is 5.75 Å². The quantitative estimate of drug-likeness (QED) is 0.591. The van der Waals surface area contributed by atoms with Gasteiger partial charge in [-0.25, -0.2) is 0 Å². The number of aryl methyl sites for hydroxylation is 1. The van der Waals surface area contributed by atoms with Crippen LogP contribution in [0.1, 0.15) is 12.0 Å². The predicted octanol–water partition coefficient (Wildman–Crippen LogP) is 1.78. The molecule has 0 amide bonds. The highest BCUT2D eigenvalue weighted by Crippen LogP contribution is 2.25. The number of nitro benzene ring substituents is 1. The van der Waals surface area contributed by atoms with Gasteiger partial charge in [-0.05, 0) is 32.5 Å². The molecule has 6 heteroatoms. The van der Waals surface area contributed by atoms with Gasteiger partial charge in [-0.2, -0.15) is 0 Å². The van der Waals surface area contributed by atoms with Crippen molar-refractivity contribution in [2.75, 3.05) is 46.9 Å². The maximum Gasteiger partial charge on any atom is 0.269 e. The standard InChI is InChI=1S/C15H23N3O3/c1-16-8-10-17(11-9-16)7-3-4-13-12-14(18(19)20)5-6-15(13)21-2/h5-6,12H,3-4,7-11H2,1-2H3. The first-order valence-electron chi connectivity index (χ1n) is 7.32. The molecule has 2 rings (SSSR count). The first kappa shape index (κ1) is 15.7. The molecule has 1 aromatic rings. The SMILES string of the molecule is COc1ccc([N+](=O)[O-])cc1CCCN1CCN(C)CC1. The van der Waals surface area contributed by atoms with Gasteiger partial charge in [-0.15, -0.1) is 0 Å². The highest BCUT2D eigenvalue weighted by Gasteiger charge is 2.14. The molecule has 0 spiro atoms. The molecule has 6 nitrogen and oxygen atoms in total. The maximum atomic E-state index is 10.9.